The molecule has 0 atom stereocenters. The van der Waals surface area contributed by atoms with Gasteiger partial charge in [-0.05, 0) is 31.4 Å². The molecule has 1 heterocycles. The molecule has 2 rings (SSSR count). The number of ether oxygens (including phenoxy) is 1. The third-order valence-corrected chi connectivity index (χ3v) is 5.71. The standard InChI is InChI=1S/C16H23N3O6S/c1-2-11-26(23,24)17-13-7-9-18(10-8-13)16(20)12-25-15-5-3-14(4-6-15)19(21)22/h3-6,13,17H,2,7-12H2,1H3. The van der Waals surface area contributed by atoms with E-state index in [1.165, 1.54) is 24.3 Å². The van der Waals surface area contributed by atoms with Gasteiger partial charge >= 0.3 is 0 Å². The number of carbonyl (C=O) groups excluding carboxylic acids is 1. The van der Waals surface area contributed by atoms with Gasteiger partial charge in [-0.2, -0.15) is 0 Å². The maximum Gasteiger partial charge on any atom is 0.269 e. The van der Waals surface area contributed by atoms with Gasteiger partial charge in [0.2, 0.25) is 10.0 Å². The highest BCUT2D eigenvalue weighted by Crippen LogP contribution is 2.18. The summed E-state index contributed by atoms with van der Waals surface area (Å²) in [4.78, 5) is 23.9. The number of piperidine rings is 1. The van der Waals surface area contributed by atoms with E-state index in [0.29, 0.717) is 38.1 Å². The van der Waals surface area contributed by atoms with Gasteiger partial charge in [-0.1, -0.05) is 6.92 Å². The molecule has 9 nitrogen and oxygen atoms in total. The number of carbonyl (C=O) groups is 1. The summed E-state index contributed by atoms with van der Waals surface area (Å²) in [5, 5.41) is 10.6. The molecule has 1 fully saturated rings. The Hall–Kier alpha value is -2.20. The summed E-state index contributed by atoms with van der Waals surface area (Å²) < 4.78 is 31.6. The van der Waals surface area contributed by atoms with Crippen LogP contribution in [0.25, 0.3) is 0 Å². The summed E-state index contributed by atoms with van der Waals surface area (Å²) in [7, 11) is -3.25. The largest absolute Gasteiger partial charge is 0.484 e. The molecule has 0 saturated carbocycles. The van der Waals surface area contributed by atoms with Crippen molar-refractivity contribution >= 4 is 21.6 Å². The summed E-state index contributed by atoms with van der Waals surface area (Å²) in [6, 6.07) is 5.37. The van der Waals surface area contributed by atoms with Crippen LogP contribution in [0.15, 0.2) is 24.3 Å². The molecule has 1 aromatic carbocycles. The van der Waals surface area contributed by atoms with Crippen LogP contribution in [-0.2, 0) is 14.8 Å². The molecule has 1 amide bonds. The predicted octanol–water partition coefficient (Wildman–Crippen LogP) is 1.29. The van der Waals surface area contributed by atoms with Crippen molar-refractivity contribution in [2.45, 2.75) is 32.2 Å². The third kappa shape index (κ3) is 5.95. The topological polar surface area (TPSA) is 119 Å². The summed E-state index contributed by atoms with van der Waals surface area (Å²) in [5.41, 5.74) is -0.0451. The van der Waals surface area contributed by atoms with Crippen molar-refractivity contribution in [1.82, 2.24) is 9.62 Å². The summed E-state index contributed by atoms with van der Waals surface area (Å²) in [6.07, 6.45) is 1.69. The lowest BCUT2D eigenvalue weighted by Crippen LogP contribution is -2.48. The van der Waals surface area contributed by atoms with Crippen LogP contribution in [0.5, 0.6) is 5.75 Å². The molecule has 0 radical (unpaired) electrons. The number of amides is 1. The first-order chi connectivity index (χ1) is 12.3. The van der Waals surface area contributed by atoms with Crippen molar-refractivity contribution < 1.29 is 22.9 Å². The number of hydrogen-bond donors (Lipinski definition) is 1. The van der Waals surface area contributed by atoms with E-state index in [1.807, 2.05) is 6.92 Å². The van der Waals surface area contributed by atoms with E-state index in [2.05, 4.69) is 4.72 Å². The highest BCUT2D eigenvalue weighted by atomic mass is 32.2. The minimum atomic E-state index is -3.25. The number of likely N-dealkylation sites (tertiary alicyclic amines) is 1. The van der Waals surface area contributed by atoms with Gasteiger partial charge in [-0.3, -0.25) is 14.9 Å². The van der Waals surface area contributed by atoms with Gasteiger partial charge in [0, 0.05) is 31.3 Å². The Balaban J connectivity index is 1.77. The number of hydrogen-bond acceptors (Lipinski definition) is 6. The van der Waals surface area contributed by atoms with Crippen molar-refractivity contribution in [3.63, 3.8) is 0 Å². The fourth-order valence-electron chi connectivity index (χ4n) is 2.73. The van der Waals surface area contributed by atoms with Crippen LogP contribution in [0.4, 0.5) is 5.69 Å². The molecule has 26 heavy (non-hydrogen) atoms. The maximum absolute atomic E-state index is 12.2. The normalized spacial score (nSPS) is 15.7. The second kappa shape index (κ2) is 8.95. The molecular formula is C16H23N3O6S. The lowest BCUT2D eigenvalue weighted by molar-refractivity contribution is -0.384. The van der Waals surface area contributed by atoms with E-state index in [1.54, 1.807) is 4.90 Å². The molecule has 0 unspecified atom stereocenters. The van der Waals surface area contributed by atoms with Crippen LogP contribution in [0.1, 0.15) is 26.2 Å². The number of benzene rings is 1. The van der Waals surface area contributed by atoms with Crippen molar-refractivity contribution in [3.8, 4) is 5.75 Å². The van der Waals surface area contributed by atoms with Crippen LogP contribution in [0.2, 0.25) is 0 Å². The van der Waals surface area contributed by atoms with Crippen LogP contribution < -0.4 is 9.46 Å². The monoisotopic (exact) mass is 385 g/mol. The number of nitrogens with zero attached hydrogens (tertiary/aromatic N) is 2. The molecule has 10 heteroatoms. The average molecular weight is 385 g/mol. The SMILES string of the molecule is CCCS(=O)(=O)NC1CCN(C(=O)COc2ccc([N+](=O)[O-])cc2)CC1. The highest BCUT2D eigenvalue weighted by molar-refractivity contribution is 7.89. The number of non-ortho nitro benzene ring substituents is 1. The minimum absolute atomic E-state index is 0.0451. The van der Waals surface area contributed by atoms with Crippen LogP contribution in [0.3, 0.4) is 0 Å². The Morgan fingerprint density at radius 2 is 1.92 bits per heavy atom. The fourth-order valence-corrected chi connectivity index (χ4v) is 4.13. The molecule has 1 saturated heterocycles. The van der Waals surface area contributed by atoms with E-state index in [4.69, 9.17) is 4.74 Å². The molecule has 0 spiro atoms. The number of nitrogens with one attached hydrogen (secondary N) is 1. The zero-order valence-corrected chi connectivity index (χ0v) is 15.4. The molecule has 0 aliphatic carbocycles. The molecule has 0 aromatic heterocycles. The van der Waals surface area contributed by atoms with Gasteiger partial charge in [-0.15, -0.1) is 0 Å². The van der Waals surface area contributed by atoms with Crippen LogP contribution in [0, 0.1) is 10.1 Å². The first kappa shape index (κ1) is 20.1. The lowest BCUT2D eigenvalue weighted by atomic mass is 10.1. The van der Waals surface area contributed by atoms with Crippen LogP contribution >= 0.6 is 0 Å². The summed E-state index contributed by atoms with van der Waals surface area (Å²) >= 11 is 0. The van der Waals surface area contributed by atoms with Crippen molar-refractivity contribution in [1.29, 1.82) is 0 Å². The van der Waals surface area contributed by atoms with E-state index < -0.39 is 14.9 Å². The lowest BCUT2D eigenvalue weighted by Gasteiger charge is -2.32. The first-order valence-electron chi connectivity index (χ1n) is 8.46. The number of sulfonamides is 1. The Morgan fingerprint density at radius 3 is 2.46 bits per heavy atom. The Kier molecular flexibility index (Phi) is 6.92. The molecule has 144 valence electrons. The van der Waals surface area contributed by atoms with E-state index >= 15 is 0 Å². The Morgan fingerprint density at radius 1 is 1.31 bits per heavy atom. The third-order valence-electron chi connectivity index (χ3n) is 4.08. The zero-order valence-electron chi connectivity index (χ0n) is 14.6. The second-order valence-electron chi connectivity index (χ2n) is 6.13. The van der Waals surface area contributed by atoms with Gasteiger partial charge in [-0.25, -0.2) is 13.1 Å². The van der Waals surface area contributed by atoms with Gasteiger partial charge in [0.15, 0.2) is 6.61 Å². The van der Waals surface area contributed by atoms with Crippen LogP contribution in [-0.4, -0.2) is 55.6 Å². The Bertz CT molecular complexity index is 727. The van der Waals surface area contributed by atoms with E-state index in [9.17, 15) is 23.3 Å². The van der Waals surface area contributed by atoms with E-state index in [0.717, 1.165) is 0 Å². The summed E-state index contributed by atoms with van der Waals surface area (Å²) in [5.74, 6) is 0.291. The van der Waals surface area contributed by atoms with Gasteiger partial charge in [0.25, 0.3) is 11.6 Å². The number of rotatable bonds is 8. The zero-order chi connectivity index (χ0) is 19.2. The fraction of sp³-hybridized carbons (Fsp3) is 0.562. The number of nitro benzene ring substituents is 1. The first-order valence-corrected chi connectivity index (χ1v) is 10.1. The second-order valence-corrected chi connectivity index (χ2v) is 8.00. The Labute approximate surface area is 152 Å². The minimum Gasteiger partial charge on any atom is -0.484 e. The highest BCUT2D eigenvalue weighted by Gasteiger charge is 2.25. The molecule has 1 aliphatic rings. The van der Waals surface area contributed by atoms with Gasteiger partial charge in [0.05, 0.1) is 10.7 Å². The quantitative estimate of drug-likeness (QED) is 0.532. The van der Waals surface area contributed by atoms with Crippen molar-refractivity contribution in [3.05, 3.63) is 34.4 Å². The number of nitro groups is 1. The molecule has 1 aliphatic heterocycles. The average Bonchev–Trinajstić information content (AvgIpc) is 2.60. The van der Waals surface area contributed by atoms with Crippen molar-refractivity contribution in [2.24, 2.45) is 0 Å². The van der Waals surface area contributed by atoms with Crippen molar-refractivity contribution in [2.75, 3.05) is 25.4 Å². The van der Waals surface area contributed by atoms with Gasteiger partial charge < -0.3 is 9.64 Å². The van der Waals surface area contributed by atoms with E-state index in [-0.39, 0.29) is 30.0 Å². The molecule has 1 aromatic rings. The molecule has 0 bridgehead atoms. The smallest absolute Gasteiger partial charge is 0.269 e. The maximum atomic E-state index is 12.2. The molecular weight excluding hydrogens is 362 g/mol. The molecule has 1 N–H and O–H groups in total. The predicted molar refractivity (Wildman–Crippen MR) is 95.4 cm³/mol. The van der Waals surface area contributed by atoms with Gasteiger partial charge in [0.1, 0.15) is 5.75 Å². The summed E-state index contributed by atoms with van der Waals surface area (Å²) in [6.45, 7) is 2.57.